The Morgan fingerprint density at radius 3 is 2.78 bits per heavy atom. The molecule has 6 heteroatoms. The minimum Gasteiger partial charge on any atom is -0.305 e. The zero-order chi connectivity index (χ0) is 16.8. The number of carbonyl (C=O) groups excluding carboxylic acids is 1. The average Bonchev–Trinajstić information content (AvgIpc) is 2.82. The number of carbonyl (C=O) groups is 1. The normalized spacial score (nSPS) is 29.9. The van der Waals surface area contributed by atoms with Crippen LogP contribution in [0.3, 0.4) is 0 Å². The van der Waals surface area contributed by atoms with Gasteiger partial charge in [-0.15, -0.1) is 0 Å². The molecular weight excluding hydrogens is 358 g/mol. The maximum atomic E-state index is 12.1. The van der Waals surface area contributed by atoms with E-state index in [-0.39, 0.29) is 28.8 Å². The lowest BCUT2D eigenvalue weighted by molar-refractivity contribution is -0.121. The van der Waals surface area contributed by atoms with Crippen molar-refractivity contribution in [2.45, 2.75) is 46.6 Å². The van der Waals surface area contributed by atoms with E-state index in [1.165, 1.54) is 17.1 Å². The fraction of sp³-hybridized carbons (Fsp3) is 0.588. The van der Waals surface area contributed by atoms with Crippen LogP contribution in [0.1, 0.15) is 40.0 Å². The van der Waals surface area contributed by atoms with Gasteiger partial charge < -0.3 is 4.57 Å². The van der Waals surface area contributed by atoms with Gasteiger partial charge in [-0.25, -0.2) is 5.43 Å². The van der Waals surface area contributed by atoms with Crippen molar-refractivity contribution in [1.82, 2.24) is 9.99 Å². The van der Waals surface area contributed by atoms with Crippen molar-refractivity contribution in [2.24, 2.45) is 21.8 Å². The first-order valence-corrected chi connectivity index (χ1v) is 8.75. The summed E-state index contributed by atoms with van der Waals surface area (Å²) in [5.74, 6) is 0.373. The van der Waals surface area contributed by atoms with Crippen LogP contribution in [-0.2, 0) is 11.3 Å². The third kappa shape index (κ3) is 2.67. The standard InChI is InChI=1S/C17H22BrN3O2/c1-16(2)11-6-7-17(16,3)13(8-11)19-20-14(22)10-21-9-12(18)4-5-15(21)23/h4-5,9,11H,6-8,10H2,1-3H3,(H,20,22)/b19-13+. The number of amides is 1. The van der Waals surface area contributed by atoms with E-state index < -0.39 is 0 Å². The van der Waals surface area contributed by atoms with Crippen molar-refractivity contribution in [3.05, 3.63) is 33.2 Å². The van der Waals surface area contributed by atoms with E-state index in [4.69, 9.17) is 0 Å². The molecule has 2 bridgehead atoms. The van der Waals surface area contributed by atoms with Crippen molar-refractivity contribution in [3.8, 4) is 0 Å². The van der Waals surface area contributed by atoms with E-state index in [1.807, 2.05) is 0 Å². The second-order valence-corrected chi connectivity index (χ2v) is 8.32. The lowest BCUT2D eigenvalue weighted by Crippen LogP contribution is -2.35. The van der Waals surface area contributed by atoms with Crippen LogP contribution < -0.4 is 11.0 Å². The molecule has 0 aromatic carbocycles. The lowest BCUT2D eigenvalue weighted by atomic mass is 9.70. The first kappa shape index (κ1) is 16.4. The number of nitrogens with zero attached hydrogens (tertiary/aromatic N) is 2. The topological polar surface area (TPSA) is 63.5 Å². The summed E-state index contributed by atoms with van der Waals surface area (Å²) in [5, 5.41) is 4.41. The van der Waals surface area contributed by atoms with Gasteiger partial charge in [-0.05, 0) is 52.6 Å². The van der Waals surface area contributed by atoms with E-state index >= 15 is 0 Å². The fourth-order valence-corrected chi connectivity index (χ4v) is 4.42. The summed E-state index contributed by atoms with van der Waals surface area (Å²) in [6.07, 6.45) is 4.94. The number of hydrazone groups is 1. The van der Waals surface area contributed by atoms with Crippen molar-refractivity contribution in [2.75, 3.05) is 0 Å². The fourth-order valence-electron chi connectivity index (χ4n) is 4.04. The van der Waals surface area contributed by atoms with Gasteiger partial charge in [0, 0.05) is 27.9 Å². The summed E-state index contributed by atoms with van der Waals surface area (Å²) in [5.41, 5.74) is 3.83. The number of nitrogens with one attached hydrogen (secondary N) is 1. The van der Waals surface area contributed by atoms with Crippen LogP contribution in [0.15, 0.2) is 32.7 Å². The van der Waals surface area contributed by atoms with Crippen LogP contribution >= 0.6 is 15.9 Å². The number of pyridine rings is 1. The molecule has 0 spiro atoms. The third-order valence-corrected chi connectivity index (χ3v) is 6.56. The van der Waals surface area contributed by atoms with Crippen LogP contribution in [0.25, 0.3) is 0 Å². The number of halogens is 1. The minimum absolute atomic E-state index is 0.0292. The zero-order valence-corrected chi connectivity index (χ0v) is 15.3. The Morgan fingerprint density at radius 2 is 2.17 bits per heavy atom. The van der Waals surface area contributed by atoms with Crippen LogP contribution in [-0.4, -0.2) is 16.2 Å². The number of hydrogen-bond acceptors (Lipinski definition) is 3. The summed E-state index contributed by atoms with van der Waals surface area (Å²) in [7, 11) is 0. The largest absolute Gasteiger partial charge is 0.305 e. The maximum Gasteiger partial charge on any atom is 0.260 e. The second-order valence-electron chi connectivity index (χ2n) is 7.40. The van der Waals surface area contributed by atoms with Crippen LogP contribution in [0.4, 0.5) is 0 Å². The molecule has 124 valence electrons. The smallest absolute Gasteiger partial charge is 0.260 e. The maximum absolute atomic E-state index is 12.1. The average molecular weight is 380 g/mol. The second kappa shape index (κ2) is 5.58. The molecule has 2 fully saturated rings. The van der Waals surface area contributed by atoms with Crippen molar-refractivity contribution in [1.29, 1.82) is 0 Å². The van der Waals surface area contributed by atoms with Gasteiger partial charge in [0.1, 0.15) is 6.54 Å². The van der Waals surface area contributed by atoms with Crippen molar-refractivity contribution < 1.29 is 4.79 Å². The van der Waals surface area contributed by atoms with Crippen molar-refractivity contribution in [3.63, 3.8) is 0 Å². The molecule has 2 aliphatic rings. The van der Waals surface area contributed by atoms with Gasteiger partial charge in [0.25, 0.3) is 11.5 Å². The molecule has 1 aromatic rings. The number of fused-ring (bicyclic) bond motifs is 2. The molecule has 2 unspecified atom stereocenters. The summed E-state index contributed by atoms with van der Waals surface area (Å²) in [4.78, 5) is 23.8. The molecule has 3 rings (SSSR count). The zero-order valence-electron chi connectivity index (χ0n) is 13.7. The van der Waals surface area contributed by atoms with Gasteiger partial charge in [0.05, 0.1) is 0 Å². The molecule has 2 aliphatic carbocycles. The summed E-state index contributed by atoms with van der Waals surface area (Å²) in [6, 6.07) is 3.10. The molecule has 0 radical (unpaired) electrons. The predicted octanol–water partition coefficient (Wildman–Crippen LogP) is 2.93. The summed E-state index contributed by atoms with van der Waals surface area (Å²) < 4.78 is 2.13. The van der Waals surface area contributed by atoms with E-state index in [0.29, 0.717) is 5.92 Å². The van der Waals surface area contributed by atoms with Gasteiger partial charge in [-0.3, -0.25) is 9.59 Å². The highest BCUT2D eigenvalue weighted by molar-refractivity contribution is 9.10. The Morgan fingerprint density at radius 1 is 1.43 bits per heavy atom. The Labute approximate surface area is 144 Å². The van der Waals surface area contributed by atoms with Crippen LogP contribution in [0.2, 0.25) is 0 Å². The molecule has 5 nitrogen and oxygen atoms in total. The number of rotatable bonds is 3. The Kier molecular flexibility index (Phi) is 3.99. The Hall–Kier alpha value is -1.43. The molecule has 23 heavy (non-hydrogen) atoms. The molecule has 0 saturated heterocycles. The molecule has 1 heterocycles. The highest BCUT2D eigenvalue weighted by Gasteiger charge is 2.59. The summed E-state index contributed by atoms with van der Waals surface area (Å²) >= 11 is 3.30. The first-order valence-electron chi connectivity index (χ1n) is 7.96. The molecule has 2 atom stereocenters. The minimum atomic E-state index is -0.276. The van der Waals surface area contributed by atoms with E-state index in [1.54, 1.807) is 12.3 Å². The Bertz CT molecular complexity index is 738. The number of aromatic nitrogens is 1. The molecule has 2 saturated carbocycles. The highest BCUT2D eigenvalue weighted by Crippen LogP contribution is 2.63. The Balaban J connectivity index is 1.70. The highest BCUT2D eigenvalue weighted by atomic mass is 79.9. The molecule has 1 aromatic heterocycles. The predicted molar refractivity (Wildman–Crippen MR) is 93.2 cm³/mol. The monoisotopic (exact) mass is 379 g/mol. The van der Waals surface area contributed by atoms with E-state index in [2.05, 4.69) is 47.2 Å². The van der Waals surface area contributed by atoms with E-state index in [9.17, 15) is 9.59 Å². The van der Waals surface area contributed by atoms with Gasteiger partial charge in [-0.2, -0.15) is 5.10 Å². The van der Waals surface area contributed by atoms with E-state index in [0.717, 1.165) is 23.0 Å². The molecule has 1 amide bonds. The first-order chi connectivity index (χ1) is 10.7. The van der Waals surface area contributed by atoms with Crippen LogP contribution in [0, 0.1) is 16.7 Å². The van der Waals surface area contributed by atoms with Crippen molar-refractivity contribution >= 4 is 27.5 Å². The van der Waals surface area contributed by atoms with Gasteiger partial charge in [0.2, 0.25) is 0 Å². The van der Waals surface area contributed by atoms with Gasteiger partial charge in [0.15, 0.2) is 0 Å². The van der Waals surface area contributed by atoms with Gasteiger partial charge in [-0.1, -0.05) is 20.8 Å². The SMILES string of the molecule is CC12CCC(C/C1=N\NC(=O)Cn1cc(Br)ccc1=O)C2(C)C. The summed E-state index contributed by atoms with van der Waals surface area (Å²) in [6.45, 7) is 6.83. The molecule has 0 aliphatic heterocycles. The number of hydrogen-bond donors (Lipinski definition) is 1. The van der Waals surface area contributed by atoms with Gasteiger partial charge >= 0.3 is 0 Å². The quantitative estimate of drug-likeness (QED) is 0.820. The lowest BCUT2D eigenvalue weighted by Gasteiger charge is -2.34. The molecular formula is C17H22BrN3O2. The van der Waals surface area contributed by atoms with Crippen LogP contribution in [0.5, 0.6) is 0 Å². The third-order valence-electron chi connectivity index (χ3n) is 6.09. The molecule has 1 N–H and O–H groups in total.